The van der Waals surface area contributed by atoms with Crippen LogP contribution in [0.1, 0.15) is 31.2 Å². The monoisotopic (exact) mass is 276 g/mol. The summed E-state index contributed by atoms with van der Waals surface area (Å²) in [4.78, 5) is 4.05. The molecule has 1 aliphatic carbocycles. The molecule has 1 saturated heterocycles. The van der Waals surface area contributed by atoms with Crippen molar-refractivity contribution >= 4 is 11.8 Å². The predicted molar refractivity (Wildman–Crippen MR) is 82.7 cm³/mol. The normalized spacial score (nSPS) is 23.2. The predicted octanol–water partition coefficient (Wildman–Crippen LogP) is 3.12. The van der Waals surface area contributed by atoms with Crippen LogP contribution in [0.2, 0.25) is 0 Å². The molecular weight excluding hydrogens is 252 g/mol. The molecular formula is C16H24N2S. The van der Waals surface area contributed by atoms with Crippen LogP contribution in [-0.4, -0.2) is 36.3 Å². The maximum absolute atomic E-state index is 3.63. The van der Waals surface area contributed by atoms with Crippen LogP contribution >= 0.6 is 11.8 Å². The third kappa shape index (κ3) is 3.74. The molecule has 1 N–H and O–H groups in total. The molecule has 2 fully saturated rings. The van der Waals surface area contributed by atoms with E-state index in [1.54, 1.807) is 0 Å². The van der Waals surface area contributed by atoms with Gasteiger partial charge in [-0.2, -0.15) is 0 Å². The van der Waals surface area contributed by atoms with E-state index < -0.39 is 0 Å². The number of rotatable bonds is 6. The van der Waals surface area contributed by atoms with E-state index >= 15 is 0 Å². The van der Waals surface area contributed by atoms with Gasteiger partial charge in [0.25, 0.3) is 0 Å². The molecule has 0 spiro atoms. The van der Waals surface area contributed by atoms with Gasteiger partial charge in [-0.1, -0.05) is 12.1 Å². The summed E-state index contributed by atoms with van der Waals surface area (Å²) in [6.45, 7) is 3.57. The van der Waals surface area contributed by atoms with Gasteiger partial charge in [-0.15, -0.1) is 11.8 Å². The van der Waals surface area contributed by atoms with Crippen molar-refractivity contribution in [1.29, 1.82) is 0 Å². The molecule has 3 rings (SSSR count). The molecule has 3 heteroatoms. The van der Waals surface area contributed by atoms with Gasteiger partial charge >= 0.3 is 0 Å². The summed E-state index contributed by atoms with van der Waals surface area (Å²) in [6, 6.07) is 10.7. The fraction of sp³-hybridized carbons (Fsp3) is 0.625. The Balaban J connectivity index is 1.59. The molecule has 0 bridgehead atoms. The summed E-state index contributed by atoms with van der Waals surface area (Å²) in [6.07, 6.45) is 7.64. The van der Waals surface area contributed by atoms with Crippen molar-refractivity contribution < 1.29 is 0 Å². The van der Waals surface area contributed by atoms with Gasteiger partial charge in [-0.25, -0.2) is 0 Å². The van der Waals surface area contributed by atoms with E-state index in [2.05, 4.69) is 40.7 Å². The Kier molecular flexibility index (Phi) is 4.46. The van der Waals surface area contributed by atoms with Gasteiger partial charge in [0.2, 0.25) is 0 Å². The fourth-order valence-electron chi connectivity index (χ4n) is 2.94. The highest BCUT2D eigenvalue weighted by Gasteiger charge is 2.31. The zero-order valence-corrected chi connectivity index (χ0v) is 12.6. The average Bonchev–Trinajstić information content (AvgIpc) is 3.17. The van der Waals surface area contributed by atoms with Gasteiger partial charge in [0.15, 0.2) is 0 Å². The van der Waals surface area contributed by atoms with Crippen LogP contribution in [0.3, 0.4) is 0 Å². The summed E-state index contributed by atoms with van der Waals surface area (Å²) in [7, 11) is 0. The lowest BCUT2D eigenvalue weighted by atomic mass is 10.1. The van der Waals surface area contributed by atoms with E-state index in [1.165, 1.54) is 49.2 Å². The molecule has 1 atom stereocenters. The Bertz CT molecular complexity index is 394. The van der Waals surface area contributed by atoms with Crippen LogP contribution in [0.25, 0.3) is 0 Å². The minimum absolute atomic E-state index is 0.728. The maximum Gasteiger partial charge on any atom is 0.0237 e. The van der Waals surface area contributed by atoms with Gasteiger partial charge in [-0.3, -0.25) is 4.90 Å². The van der Waals surface area contributed by atoms with Crippen LogP contribution < -0.4 is 5.32 Å². The number of hydrogen-bond acceptors (Lipinski definition) is 3. The molecule has 1 heterocycles. The Morgan fingerprint density at radius 2 is 2.00 bits per heavy atom. The molecule has 0 radical (unpaired) electrons. The van der Waals surface area contributed by atoms with Gasteiger partial charge < -0.3 is 5.32 Å². The van der Waals surface area contributed by atoms with Crippen molar-refractivity contribution in [3.05, 3.63) is 29.8 Å². The Morgan fingerprint density at radius 3 is 2.58 bits per heavy atom. The summed E-state index contributed by atoms with van der Waals surface area (Å²) >= 11 is 1.82. The van der Waals surface area contributed by atoms with Crippen molar-refractivity contribution in [3.8, 4) is 0 Å². The van der Waals surface area contributed by atoms with Crippen molar-refractivity contribution in [3.63, 3.8) is 0 Å². The second-order valence-corrected chi connectivity index (χ2v) is 6.68. The summed E-state index contributed by atoms with van der Waals surface area (Å²) in [5, 5.41) is 3.63. The topological polar surface area (TPSA) is 15.3 Å². The second-order valence-electron chi connectivity index (χ2n) is 5.80. The summed E-state index contributed by atoms with van der Waals surface area (Å²) in [5.41, 5.74) is 1.46. The van der Waals surface area contributed by atoms with Crippen LogP contribution in [-0.2, 0) is 6.54 Å². The first-order valence-corrected chi connectivity index (χ1v) is 8.68. The number of benzene rings is 1. The van der Waals surface area contributed by atoms with E-state index in [0.29, 0.717) is 0 Å². The number of thioether (sulfide) groups is 1. The average molecular weight is 276 g/mol. The lowest BCUT2D eigenvalue weighted by Crippen LogP contribution is -2.38. The van der Waals surface area contributed by atoms with Crippen LogP contribution in [0.5, 0.6) is 0 Å². The Morgan fingerprint density at radius 1 is 1.21 bits per heavy atom. The molecule has 1 unspecified atom stereocenters. The van der Waals surface area contributed by atoms with E-state index in [9.17, 15) is 0 Å². The van der Waals surface area contributed by atoms with E-state index in [1.807, 2.05) is 11.8 Å². The van der Waals surface area contributed by atoms with Gasteiger partial charge in [-0.05, 0) is 56.2 Å². The van der Waals surface area contributed by atoms with E-state index in [-0.39, 0.29) is 0 Å². The highest BCUT2D eigenvalue weighted by molar-refractivity contribution is 7.98. The largest absolute Gasteiger partial charge is 0.313 e. The zero-order chi connectivity index (χ0) is 13.1. The third-order valence-electron chi connectivity index (χ3n) is 4.23. The molecule has 1 aliphatic heterocycles. The first-order valence-electron chi connectivity index (χ1n) is 7.45. The number of hydrogen-bond donors (Lipinski definition) is 1. The summed E-state index contributed by atoms with van der Waals surface area (Å²) < 4.78 is 0. The molecule has 0 aromatic heterocycles. The quantitative estimate of drug-likeness (QED) is 0.804. The molecule has 0 amide bonds. The minimum atomic E-state index is 0.728. The lowest BCUT2D eigenvalue weighted by Gasteiger charge is -2.25. The van der Waals surface area contributed by atoms with E-state index in [0.717, 1.165) is 18.6 Å². The van der Waals surface area contributed by atoms with Crippen molar-refractivity contribution in [2.45, 2.75) is 49.2 Å². The standard InChI is InChI=1S/C16H24N2S/c1-19-16-8-4-13(5-9-16)11-18(15-6-7-15)12-14-3-2-10-17-14/h4-5,8-9,14-15,17H,2-3,6-7,10-12H2,1H3. The zero-order valence-electron chi connectivity index (χ0n) is 11.8. The first kappa shape index (κ1) is 13.5. The molecule has 1 aromatic rings. The van der Waals surface area contributed by atoms with E-state index in [4.69, 9.17) is 0 Å². The maximum atomic E-state index is 3.63. The third-order valence-corrected chi connectivity index (χ3v) is 4.97. The molecule has 19 heavy (non-hydrogen) atoms. The highest BCUT2D eigenvalue weighted by atomic mass is 32.2. The fourth-order valence-corrected chi connectivity index (χ4v) is 3.35. The van der Waals surface area contributed by atoms with Crippen LogP contribution in [0, 0.1) is 0 Å². The molecule has 1 aromatic carbocycles. The van der Waals surface area contributed by atoms with Crippen LogP contribution in [0.4, 0.5) is 0 Å². The summed E-state index contributed by atoms with van der Waals surface area (Å²) in [5.74, 6) is 0. The SMILES string of the molecule is CSc1ccc(CN(CC2CCCN2)C2CC2)cc1. The molecule has 104 valence electrons. The number of nitrogens with one attached hydrogen (secondary N) is 1. The van der Waals surface area contributed by atoms with Crippen molar-refractivity contribution in [2.24, 2.45) is 0 Å². The lowest BCUT2D eigenvalue weighted by molar-refractivity contribution is 0.231. The van der Waals surface area contributed by atoms with Gasteiger partial charge in [0, 0.05) is 30.1 Å². The van der Waals surface area contributed by atoms with Gasteiger partial charge in [0.1, 0.15) is 0 Å². The van der Waals surface area contributed by atoms with Crippen molar-refractivity contribution in [2.75, 3.05) is 19.3 Å². The van der Waals surface area contributed by atoms with Crippen molar-refractivity contribution in [1.82, 2.24) is 10.2 Å². The number of nitrogens with zero attached hydrogens (tertiary/aromatic N) is 1. The highest BCUT2D eigenvalue weighted by Crippen LogP contribution is 2.29. The molecule has 2 nitrogen and oxygen atoms in total. The smallest absolute Gasteiger partial charge is 0.0237 e. The van der Waals surface area contributed by atoms with Gasteiger partial charge in [0.05, 0.1) is 0 Å². The molecule has 1 saturated carbocycles. The minimum Gasteiger partial charge on any atom is -0.313 e. The molecule has 2 aliphatic rings. The Hall–Kier alpha value is -0.510. The first-order chi connectivity index (χ1) is 9.35. The Labute approximate surface area is 121 Å². The van der Waals surface area contributed by atoms with Crippen LogP contribution in [0.15, 0.2) is 29.2 Å². The second kappa shape index (κ2) is 6.29.